The summed E-state index contributed by atoms with van der Waals surface area (Å²) in [6, 6.07) is 3.50. The fourth-order valence-corrected chi connectivity index (χ4v) is 3.15. The number of esters is 1. The van der Waals surface area contributed by atoms with Gasteiger partial charge in [-0.3, -0.25) is 0 Å². The second-order valence-corrected chi connectivity index (χ2v) is 5.81. The van der Waals surface area contributed by atoms with Crippen LogP contribution in [0.2, 0.25) is 0 Å². The quantitative estimate of drug-likeness (QED) is 0.665. The number of aromatic amines is 1. The fraction of sp³-hybridized carbons (Fsp3) is 0.286. The Labute approximate surface area is 136 Å². The molecule has 0 aliphatic rings. The van der Waals surface area contributed by atoms with Crippen LogP contribution in [0, 0.1) is 3.95 Å². The first-order valence-corrected chi connectivity index (χ1v) is 7.40. The van der Waals surface area contributed by atoms with E-state index < -0.39 is 5.97 Å². The highest BCUT2D eigenvalue weighted by atomic mass is 32.1. The first-order valence-electron chi connectivity index (χ1n) is 6.17. The number of carbonyl (C=O) groups is 1. The minimum Gasteiger partial charge on any atom is -0.493 e. The van der Waals surface area contributed by atoms with Crippen LogP contribution >= 0.6 is 23.6 Å². The maximum atomic E-state index is 11.9. The molecule has 0 aliphatic carbocycles. The zero-order chi connectivity index (χ0) is 16.3. The molecule has 8 heteroatoms. The third kappa shape index (κ3) is 2.93. The molecular formula is C14H15NO5S2. The number of nitrogens with one attached hydrogen (secondary N) is 1. The molecule has 0 saturated heterocycles. The molecule has 0 fully saturated rings. The minimum absolute atomic E-state index is 0.298. The number of ether oxygens (including phenoxy) is 4. The monoisotopic (exact) mass is 341 g/mol. The van der Waals surface area contributed by atoms with Crippen molar-refractivity contribution >= 4 is 29.5 Å². The fourth-order valence-electron chi connectivity index (χ4n) is 1.99. The maximum Gasteiger partial charge on any atom is 0.356 e. The van der Waals surface area contributed by atoms with Gasteiger partial charge in [-0.05, 0) is 24.4 Å². The van der Waals surface area contributed by atoms with Crippen molar-refractivity contribution in [2.24, 2.45) is 0 Å². The van der Waals surface area contributed by atoms with Crippen LogP contribution in [0.5, 0.6) is 17.2 Å². The Morgan fingerprint density at radius 1 is 1.09 bits per heavy atom. The lowest BCUT2D eigenvalue weighted by molar-refractivity contribution is 0.0595. The summed E-state index contributed by atoms with van der Waals surface area (Å²) >= 11 is 6.40. The molecule has 1 heterocycles. The Kier molecular flexibility index (Phi) is 5.04. The van der Waals surface area contributed by atoms with Gasteiger partial charge in [0.2, 0.25) is 5.75 Å². The Hall–Kier alpha value is -2.06. The largest absolute Gasteiger partial charge is 0.493 e. The molecule has 0 saturated carbocycles. The van der Waals surface area contributed by atoms with Gasteiger partial charge in [0.25, 0.3) is 0 Å². The van der Waals surface area contributed by atoms with E-state index in [0.717, 1.165) is 0 Å². The lowest BCUT2D eigenvalue weighted by Crippen LogP contribution is -2.03. The summed E-state index contributed by atoms with van der Waals surface area (Å²) in [5, 5.41) is 0. The molecule has 0 atom stereocenters. The number of methoxy groups -OCH3 is 4. The zero-order valence-corrected chi connectivity index (χ0v) is 14.1. The van der Waals surface area contributed by atoms with E-state index in [-0.39, 0.29) is 0 Å². The van der Waals surface area contributed by atoms with E-state index in [0.29, 0.717) is 37.3 Å². The number of aromatic nitrogens is 1. The van der Waals surface area contributed by atoms with Gasteiger partial charge >= 0.3 is 5.97 Å². The average Bonchev–Trinajstić information content (AvgIpc) is 2.94. The second kappa shape index (κ2) is 6.80. The molecule has 6 nitrogen and oxygen atoms in total. The van der Waals surface area contributed by atoms with E-state index in [1.54, 1.807) is 12.1 Å². The van der Waals surface area contributed by atoms with Crippen molar-refractivity contribution in [2.75, 3.05) is 28.4 Å². The summed E-state index contributed by atoms with van der Waals surface area (Å²) < 4.78 is 21.2. The normalized spacial score (nSPS) is 10.2. The van der Waals surface area contributed by atoms with Crippen LogP contribution in [-0.2, 0) is 4.74 Å². The first kappa shape index (κ1) is 16.3. The number of benzene rings is 1. The van der Waals surface area contributed by atoms with Crippen molar-refractivity contribution < 1.29 is 23.7 Å². The molecule has 1 aromatic heterocycles. The van der Waals surface area contributed by atoms with Crippen LogP contribution < -0.4 is 14.2 Å². The molecule has 1 N–H and O–H groups in total. The molecule has 2 rings (SSSR count). The number of hydrogen-bond acceptors (Lipinski definition) is 7. The van der Waals surface area contributed by atoms with Crippen molar-refractivity contribution in [3.05, 3.63) is 21.8 Å². The van der Waals surface area contributed by atoms with E-state index in [9.17, 15) is 4.79 Å². The summed E-state index contributed by atoms with van der Waals surface area (Å²) in [7, 11) is 5.90. The second-order valence-electron chi connectivity index (χ2n) is 4.12. The molecule has 2 aromatic rings. The van der Waals surface area contributed by atoms with Crippen LogP contribution in [-0.4, -0.2) is 39.4 Å². The number of hydrogen-bond donors (Lipinski definition) is 1. The number of carbonyl (C=O) groups excluding carboxylic acids is 1. The predicted octanol–water partition coefficient (Wildman–Crippen LogP) is 3.29. The first-order chi connectivity index (χ1) is 10.5. The number of rotatable bonds is 5. The van der Waals surface area contributed by atoms with Crippen LogP contribution in [0.1, 0.15) is 10.5 Å². The van der Waals surface area contributed by atoms with Gasteiger partial charge in [0.15, 0.2) is 15.5 Å². The highest BCUT2D eigenvalue weighted by Gasteiger charge is 2.21. The highest BCUT2D eigenvalue weighted by molar-refractivity contribution is 7.73. The van der Waals surface area contributed by atoms with Crippen LogP contribution in [0.4, 0.5) is 0 Å². The van der Waals surface area contributed by atoms with Gasteiger partial charge in [-0.25, -0.2) is 4.79 Å². The van der Waals surface area contributed by atoms with Crippen molar-refractivity contribution in [1.82, 2.24) is 4.98 Å². The molecule has 0 unspecified atom stereocenters. The summed E-state index contributed by atoms with van der Waals surface area (Å²) in [5.74, 6) is 0.975. The standard InChI is InChI=1S/C14H15NO5S2/c1-17-8-5-7(6-9(18-2)11(8)19-3)12-10(13(16)20-4)15-14(21)22-12/h5-6H,1-4H3,(H,15,21). The summed E-state index contributed by atoms with van der Waals surface area (Å²) in [4.78, 5) is 15.4. The molecule has 118 valence electrons. The van der Waals surface area contributed by atoms with E-state index in [2.05, 4.69) is 4.98 Å². The van der Waals surface area contributed by atoms with Crippen LogP contribution in [0.25, 0.3) is 10.4 Å². The molecular weight excluding hydrogens is 326 g/mol. The molecule has 22 heavy (non-hydrogen) atoms. The Balaban J connectivity index is 2.68. The van der Waals surface area contributed by atoms with E-state index in [1.165, 1.54) is 39.8 Å². The van der Waals surface area contributed by atoms with Crippen molar-refractivity contribution in [3.63, 3.8) is 0 Å². The Bertz CT molecular complexity index is 725. The van der Waals surface area contributed by atoms with Gasteiger partial charge in [0.1, 0.15) is 5.69 Å². The molecule has 0 spiro atoms. The third-order valence-electron chi connectivity index (χ3n) is 2.97. The minimum atomic E-state index is -0.490. The molecule has 0 aliphatic heterocycles. The van der Waals surface area contributed by atoms with Gasteiger partial charge in [-0.2, -0.15) is 0 Å². The van der Waals surface area contributed by atoms with Gasteiger partial charge in [0, 0.05) is 5.56 Å². The third-order valence-corrected chi connectivity index (χ3v) is 4.25. The van der Waals surface area contributed by atoms with Crippen molar-refractivity contribution in [1.29, 1.82) is 0 Å². The molecule has 0 radical (unpaired) electrons. The van der Waals surface area contributed by atoms with Crippen LogP contribution in [0.3, 0.4) is 0 Å². The highest BCUT2D eigenvalue weighted by Crippen LogP contribution is 2.42. The van der Waals surface area contributed by atoms with E-state index >= 15 is 0 Å². The van der Waals surface area contributed by atoms with Gasteiger partial charge < -0.3 is 23.9 Å². The SMILES string of the molecule is COC(=O)c1[nH]c(=S)sc1-c1cc(OC)c(OC)c(OC)c1. The molecule has 0 bridgehead atoms. The van der Waals surface area contributed by atoms with Crippen molar-refractivity contribution in [2.45, 2.75) is 0 Å². The van der Waals surface area contributed by atoms with Gasteiger partial charge in [-0.1, -0.05) is 0 Å². The molecule has 1 aromatic carbocycles. The van der Waals surface area contributed by atoms with Gasteiger partial charge in [0.05, 0.1) is 33.3 Å². The Morgan fingerprint density at radius 2 is 1.68 bits per heavy atom. The smallest absolute Gasteiger partial charge is 0.356 e. The number of thiazole rings is 1. The topological polar surface area (TPSA) is 69.8 Å². The Morgan fingerprint density at radius 3 is 2.14 bits per heavy atom. The lowest BCUT2D eigenvalue weighted by Gasteiger charge is -2.13. The summed E-state index contributed by atoms with van der Waals surface area (Å²) in [5.41, 5.74) is 1.01. The summed E-state index contributed by atoms with van der Waals surface area (Å²) in [6.45, 7) is 0. The average molecular weight is 341 g/mol. The molecule has 0 amide bonds. The zero-order valence-electron chi connectivity index (χ0n) is 12.5. The summed E-state index contributed by atoms with van der Waals surface area (Å²) in [6.07, 6.45) is 0. The maximum absolute atomic E-state index is 11.9. The predicted molar refractivity (Wildman–Crippen MR) is 85.9 cm³/mol. The van der Waals surface area contributed by atoms with E-state index in [4.69, 9.17) is 31.2 Å². The number of H-pyrrole nitrogens is 1. The van der Waals surface area contributed by atoms with Crippen LogP contribution in [0.15, 0.2) is 12.1 Å². The van der Waals surface area contributed by atoms with Crippen molar-refractivity contribution in [3.8, 4) is 27.7 Å². The van der Waals surface area contributed by atoms with E-state index in [1.807, 2.05) is 0 Å². The lowest BCUT2D eigenvalue weighted by atomic mass is 10.1. The van der Waals surface area contributed by atoms with Gasteiger partial charge in [-0.15, -0.1) is 11.3 Å².